The van der Waals surface area contributed by atoms with E-state index in [0.29, 0.717) is 18.7 Å². The fourth-order valence-corrected chi connectivity index (χ4v) is 2.72. The van der Waals surface area contributed by atoms with Crippen molar-refractivity contribution < 1.29 is 14.8 Å². The van der Waals surface area contributed by atoms with Gasteiger partial charge in [0.15, 0.2) is 0 Å². The second-order valence-corrected chi connectivity index (χ2v) is 6.83. The third-order valence-electron chi connectivity index (χ3n) is 3.79. The van der Waals surface area contributed by atoms with Crippen LogP contribution in [0.1, 0.15) is 37.6 Å². The topological polar surface area (TPSA) is 110 Å². The van der Waals surface area contributed by atoms with Gasteiger partial charge in [0.1, 0.15) is 5.69 Å². The summed E-state index contributed by atoms with van der Waals surface area (Å²) in [4.78, 5) is 27.0. The molecule has 2 rings (SSSR count). The number of aliphatic hydroxyl groups is 1. The van der Waals surface area contributed by atoms with Crippen molar-refractivity contribution in [3.05, 3.63) is 52.6 Å². The molecule has 0 fully saturated rings. The first-order valence-electron chi connectivity index (χ1n) is 7.93. The van der Waals surface area contributed by atoms with Gasteiger partial charge >= 0.3 is 0 Å². The molecule has 1 heterocycles. The van der Waals surface area contributed by atoms with Gasteiger partial charge in [0.05, 0.1) is 17.4 Å². The minimum Gasteiger partial charge on any atom is -0.393 e. The minimum absolute atomic E-state index is 0.172. The zero-order valence-electron chi connectivity index (χ0n) is 14.5. The zero-order chi connectivity index (χ0) is 18.6. The Hall–Kier alpha value is -2.74. The van der Waals surface area contributed by atoms with Crippen molar-refractivity contribution in [2.24, 2.45) is 5.41 Å². The van der Waals surface area contributed by atoms with Crippen LogP contribution in [0.2, 0.25) is 0 Å². The molecule has 0 spiro atoms. The van der Waals surface area contributed by atoms with Gasteiger partial charge in [-0.1, -0.05) is 13.8 Å². The molecule has 25 heavy (non-hydrogen) atoms. The van der Waals surface area contributed by atoms with Gasteiger partial charge in [-0.25, -0.2) is 4.98 Å². The van der Waals surface area contributed by atoms with Crippen LogP contribution in [-0.4, -0.2) is 38.1 Å². The van der Waals surface area contributed by atoms with Crippen LogP contribution >= 0.6 is 0 Å². The third-order valence-corrected chi connectivity index (χ3v) is 3.79. The van der Waals surface area contributed by atoms with Gasteiger partial charge in [-0.3, -0.25) is 14.9 Å². The fraction of sp³-hybridized carbons (Fsp3) is 0.412. The highest BCUT2D eigenvalue weighted by Gasteiger charge is 2.23. The molecule has 0 aliphatic rings. The summed E-state index contributed by atoms with van der Waals surface area (Å²) in [5, 5.41) is 23.6. The van der Waals surface area contributed by atoms with Gasteiger partial charge in [0.25, 0.3) is 11.6 Å². The number of aromatic nitrogens is 2. The Bertz CT molecular complexity index is 754. The normalized spacial score (nSPS) is 12.6. The average Bonchev–Trinajstić information content (AvgIpc) is 3.05. The molecule has 8 heteroatoms. The number of nitrogens with zero attached hydrogens (tertiary/aromatic N) is 3. The lowest BCUT2D eigenvalue weighted by molar-refractivity contribution is -0.384. The Morgan fingerprint density at radius 2 is 2.20 bits per heavy atom. The van der Waals surface area contributed by atoms with Crippen molar-refractivity contribution in [3.8, 4) is 5.69 Å². The third kappa shape index (κ3) is 4.87. The molecule has 1 atom stereocenters. The number of rotatable bonds is 7. The number of benzene rings is 1. The van der Waals surface area contributed by atoms with Crippen LogP contribution in [0.25, 0.3) is 5.69 Å². The Labute approximate surface area is 145 Å². The number of hydrogen-bond acceptors (Lipinski definition) is 5. The predicted molar refractivity (Wildman–Crippen MR) is 92.6 cm³/mol. The van der Waals surface area contributed by atoms with Gasteiger partial charge in [-0.05, 0) is 30.9 Å². The van der Waals surface area contributed by atoms with Gasteiger partial charge < -0.3 is 15.0 Å². The van der Waals surface area contributed by atoms with E-state index in [2.05, 4.69) is 10.3 Å². The summed E-state index contributed by atoms with van der Waals surface area (Å²) >= 11 is 0. The molecule has 0 saturated carbocycles. The molecule has 1 aromatic carbocycles. The van der Waals surface area contributed by atoms with E-state index in [1.54, 1.807) is 19.2 Å². The molecule has 2 aromatic rings. The minimum atomic E-state index is -0.524. The highest BCUT2D eigenvalue weighted by atomic mass is 16.6. The van der Waals surface area contributed by atoms with E-state index < -0.39 is 11.0 Å². The summed E-state index contributed by atoms with van der Waals surface area (Å²) in [7, 11) is 0. The van der Waals surface area contributed by atoms with Crippen molar-refractivity contribution in [2.75, 3.05) is 6.54 Å². The van der Waals surface area contributed by atoms with Crippen molar-refractivity contribution in [1.82, 2.24) is 14.9 Å². The number of imidazole rings is 1. The second-order valence-electron chi connectivity index (χ2n) is 6.83. The van der Waals surface area contributed by atoms with Crippen LogP contribution in [-0.2, 0) is 0 Å². The monoisotopic (exact) mass is 346 g/mol. The van der Waals surface area contributed by atoms with Gasteiger partial charge in [-0.15, -0.1) is 0 Å². The summed E-state index contributed by atoms with van der Waals surface area (Å²) in [6, 6.07) is 4.32. The largest absolute Gasteiger partial charge is 0.393 e. The Morgan fingerprint density at radius 3 is 2.76 bits per heavy atom. The first-order chi connectivity index (χ1) is 11.7. The smallest absolute Gasteiger partial charge is 0.294 e. The van der Waals surface area contributed by atoms with E-state index in [-0.39, 0.29) is 22.6 Å². The molecule has 134 valence electrons. The predicted octanol–water partition coefficient (Wildman–Crippen LogP) is 2.31. The summed E-state index contributed by atoms with van der Waals surface area (Å²) in [5.74, 6) is -0.390. The van der Waals surface area contributed by atoms with Crippen molar-refractivity contribution in [1.29, 1.82) is 0 Å². The molecular weight excluding hydrogens is 324 g/mol. The van der Waals surface area contributed by atoms with Gasteiger partial charge in [0.2, 0.25) is 0 Å². The maximum absolute atomic E-state index is 12.3. The lowest BCUT2D eigenvalue weighted by Crippen LogP contribution is -2.35. The summed E-state index contributed by atoms with van der Waals surface area (Å²) in [6.45, 7) is 5.92. The molecule has 0 aliphatic carbocycles. The van der Waals surface area contributed by atoms with E-state index >= 15 is 0 Å². The van der Waals surface area contributed by atoms with Crippen LogP contribution in [0.3, 0.4) is 0 Å². The maximum Gasteiger partial charge on any atom is 0.294 e. The number of carbonyl (C=O) groups excluding carboxylic acids is 1. The number of amides is 1. The van der Waals surface area contributed by atoms with Crippen LogP contribution in [0.4, 0.5) is 5.69 Å². The maximum atomic E-state index is 12.3. The molecule has 0 radical (unpaired) electrons. The number of carbonyl (C=O) groups is 1. The quantitative estimate of drug-likeness (QED) is 0.590. The summed E-state index contributed by atoms with van der Waals surface area (Å²) in [6.07, 6.45) is 4.64. The van der Waals surface area contributed by atoms with Gasteiger partial charge in [0, 0.05) is 30.6 Å². The number of hydrogen-bond donors (Lipinski definition) is 2. The van der Waals surface area contributed by atoms with Crippen molar-refractivity contribution in [2.45, 2.75) is 33.3 Å². The lowest BCUT2D eigenvalue weighted by atomic mass is 9.87. The molecule has 0 saturated heterocycles. The molecule has 8 nitrogen and oxygen atoms in total. The van der Waals surface area contributed by atoms with E-state index in [1.807, 2.05) is 13.8 Å². The van der Waals surface area contributed by atoms with E-state index in [9.17, 15) is 20.0 Å². The van der Waals surface area contributed by atoms with Crippen LogP contribution in [0.5, 0.6) is 0 Å². The zero-order valence-corrected chi connectivity index (χ0v) is 14.5. The number of nitro groups is 1. The van der Waals surface area contributed by atoms with Crippen LogP contribution in [0.15, 0.2) is 36.9 Å². The van der Waals surface area contributed by atoms with Crippen LogP contribution < -0.4 is 5.32 Å². The van der Waals surface area contributed by atoms with Crippen molar-refractivity contribution in [3.63, 3.8) is 0 Å². The number of nitrogens with one attached hydrogen (secondary N) is 1. The standard InChI is InChI=1S/C17H22N4O4/c1-12(22)9-17(2,3)10-19-16(23)13-4-5-14(15(8-13)21(24)25)20-7-6-18-11-20/h4-8,11-12,22H,9-10H2,1-3H3,(H,19,23). The van der Waals surface area contributed by atoms with E-state index in [1.165, 1.54) is 29.2 Å². The number of nitro benzene ring substituents is 1. The highest BCUT2D eigenvalue weighted by molar-refractivity contribution is 5.95. The Morgan fingerprint density at radius 1 is 1.48 bits per heavy atom. The number of aliphatic hydroxyl groups excluding tert-OH is 1. The highest BCUT2D eigenvalue weighted by Crippen LogP contribution is 2.25. The first-order valence-corrected chi connectivity index (χ1v) is 7.93. The second kappa shape index (κ2) is 7.43. The average molecular weight is 346 g/mol. The molecule has 2 N–H and O–H groups in total. The summed E-state index contributed by atoms with van der Waals surface area (Å²) < 4.78 is 1.52. The molecule has 1 amide bonds. The molecule has 0 aliphatic heterocycles. The molecular formula is C17H22N4O4. The van der Waals surface area contributed by atoms with Gasteiger partial charge in [-0.2, -0.15) is 0 Å². The molecule has 0 bridgehead atoms. The van der Waals surface area contributed by atoms with Crippen molar-refractivity contribution >= 4 is 11.6 Å². The SMILES string of the molecule is CC(O)CC(C)(C)CNC(=O)c1ccc(-n2ccnc2)c([N+](=O)[O-])c1. The Kier molecular flexibility index (Phi) is 5.53. The Balaban J connectivity index is 2.18. The first kappa shape index (κ1) is 18.6. The molecule has 1 aromatic heterocycles. The fourth-order valence-electron chi connectivity index (χ4n) is 2.72. The van der Waals surface area contributed by atoms with Crippen LogP contribution in [0, 0.1) is 15.5 Å². The summed E-state index contributed by atoms with van der Waals surface area (Å²) in [5.41, 5.74) is 0.0952. The molecule has 1 unspecified atom stereocenters. The van der Waals surface area contributed by atoms with E-state index in [4.69, 9.17) is 0 Å². The van der Waals surface area contributed by atoms with E-state index in [0.717, 1.165) is 0 Å². The lowest BCUT2D eigenvalue weighted by Gasteiger charge is -2.26.